The molecular formula is C22H26N4OS. The van der Waals surface area contributed by atoms with Crippen LogP contribution in [0.4, 0.5) is 0 Å². The second-order valence-electron chi connectivity index (χ2n) is 7.43. The van der Waals surface area contributed by atoms with E-state index in [0.717, 1.165) is 40.3 Å². The largest absolute Gasteiger partial charge is 0.497 e. The van der Waals surface area contributed by atoms with Gasteiger partial charge in [0.25, 0.3) is 0 Å². The summed E-state index contributed by atoms with van der Waals surface area (Å²) in [5.74, 6) is 3.47. The zero-order chi connectivity index (χ0) is 19.5. The molecule has 1 aromatic heterocycles. The highest BCUT2D eigenvalue weighted by Gasteiger charge is 2.22. The molecule has 0 N–H and O–H groups in total. The summed E-state index contributed by atoms with van der Waals surface area (Å²) in [6, 6.07) is 16.5. The first-order valence-electron chi connectivity index (χ1n) is 9.62. The molecule has 1 aliphatic rings. The summed E-state index contributed by atoms with van der Waals surface area (Å²) in [7, 11) is 3.88. The van der Waals surface area contributed by atoms with Crippen LogP contribution in [0.15, 0.2) is 53.7 Å². The van der Waals surface area contributed by atoms with Crippen LogP contribution >= 0.6 is 11.8 Å². The Bertz CT molecular complexity index is 921. The Morgan fingerprint density at radius 2 is 1.82 bits per heavy atom. The van der Waals surface area contributed by atoms with E-state index in [1.54, 1.807) is 18.9 Å². The fraction of sp³-hybridized carbons (Fsp3) is 0.364. The van der Waals surface area contributed by atoms with Crippen molar-refractivity contribution in [3.63, 3.8) is 0 Å². The quantitative estimate of drug-likeness (QED) is 0.583. The molecular weight excluding hydrogens is 368 g/mol. The average molecular weight is 395 g/mol. The Hall–Kier alpha value is -2.31. The highest BCUT2D eigenvalue weighted by atomic mass is 32.2. The van der Waals surface area contributed by atoms with Gasteiger partial charge < -0.3 is 9.64 Å². The molecule has 0 saturated carbocycles. The third-order valence-corrected chi connectivity index (χ3v) is 6.37. The van der Waals surface area contributed by atoms with Crippen LogP contribution in [0.25, 0.3) is 17.1 Å². The van der Waals surface area contributed by atoms with Gasteiger partial charge in [-0.05, 0) is 69.3 Å². The third kappa shape index (κ3) is 4.08. The number of nitrogens with zero attached hydrogens (tertiary/aromatic N) is 4. The summed E-state index contributed by atoms with van der Waals surface area (Å²) in [6.45, 7) is 4.45. The number of rotatable bonds is 6. The third-order valence-electron chi connectivity index (χ3n) is 5.21. The average Bonchev–Trinajstić information content (AvgIpc) is 3.33. The minimum Gasteiger partial charge on any atom is -0.497 e. The summed E-state index contributed by atoms with van der Waals surface area (Å²) >= 11 is 1.81. The molecule has 1 atom stereocenters. The van der Waals surface area contributed by atoms with Gasteiger partial charge in [-0.1, -0.05) is 29.5 Å². The highest BCUT2D eigenvalue weighted by molar-refractivity contribution is 7.99. The molecule has 4 rings (SSSR count). The minimum absolute atomic E-state index is 0.711. The molecule has 3 aromatic rings. The van der Waals surface area contributed by atoms with Crippen molar-refractivity contribution in [2.45, 2.75) is 18.5 Å². The lowest BCUT2D eigenvalue weighted by atomic mass is 10.2. The molecule has 146 valence electrons. The molecule has 0 radical (unpaired) electrons. The summed E-state index contributed by atoms with van der Waals surface area (Å²) in [4.78, 5) is 2.40. The first kappa shape index (κ1) is 19.0. The van der Waals surface area contributed by atoms with Gasteiger partial charge in [-0.2, -0.15) is 0 Å². The molecule has 2 aromatic carbocycles. The van der Waals surface area contributed by atoms with Crippen molar-refractivity contribution in [2.75, 3.05) is 33.0 Å². The standard InChI is InChI=1S/C22H26N4OS/c1-16-4-8-19(9-5-16)26-21(18-6-10-20(27-3)11-7-18)23-24-22(26)28-15-17-12-13-25(2)14-17/h4-11,17H,12-15H2,1-3H3/t17-/m0/s1. The fourth-order valence-electron chi connectivity index (χ4n) is 3.57. The van der Waals surface area contributed by atoms with E-state index in [1.807, 2.05) is 24.3 Å². The number of hydrogen-bond donors (Lipinski definition) is 0. The van der Waals surface area contributed by atoms with Crippen molar-refractivity contribution in [3.05, 3.63) is 54.1 Å². The van der Waals surface area contributed by atoms with Crippen molar-refractivity contribution in [1.29, 1.82) is 0 Å². The van der Waals surface area contributed by atoms with Gasteiger partial charge in [-0.15, -0.1) is 10.2 Å². The van der Waals surface area contributed by atoms with Crippen LogP contribution in [0.2, 0.25) is 0 Å². The van der Waals surface area contributed by atoms with Crippen molar-refractivity contribution in [2.24, 2.45) is 5.92 Å². The zero-order valence-electron chi connectivity index (χ0n) is 16.6. The minimum atomic E-state index is 0.711. The maximum atomic E-state index is 5.29. The van der Waals surface area contributed by atoms with Crippen LogP contribution in [-0.4, -0.2) is 52.7 Å². The first-order chi connectivity index (χ1) is 13.6. The SMILES string of the molecule is COc1ccc(-c2nnc(SC[C@H]3CCN(C)C3)n2-c2ccc(C)cc2)cc1. The molecule has 28 heavy (non-hydrogen) atoms. The topological polar surface area (TPSA) is 43.2 Å². The van der Waals surface area contributed by atoms with Crippen LogP contribution < -0.4 is 4.74 Å². The van der Waals surface area contributed by atoms with Crippen molar-refractivity contribution >= 4 is 11.8 Å². The Balaban J connectivity index is 1.67. The summed E-state index contributed by atoms with van der Waals surface area (Å²) in [5, 5.41) is 10.0. The predicted molar refractivity (Wildman–Crippen MR) is 114 cm³/mol. The number of benzene rings is 2. The van der Waals surface area contributed by atoms with Crippen molar-refractivity contribution in [3.8, 4) is 22.8 Å². The normalized spacial score (nSPS) is 17.2. The van der Waals surface area contributed by atoms with Crippen molar-refractivity contribution in [1.82, 2.24) is 19.7 Å². The van der Waals surface area contributed by atoms with Crippen LogP contribution in [0.3, 0.4) is 0 Å². The second-order valence-corrected chi connectivity index (χ2v) is 8.42. The van der Waals surface area contributed by atoms with Crippen LogP contribution in [0.1, 0.15) is 12.0 Å². The van der Waals surface area contributed by atoms with E-state index < -0.39 is 0 Å². The molecule has 1 saturated heterocycles. The van der Waals surface area contributed by atoms with Gasteiger partial charge >= 0.3 is 0 Å². The smallest absolute Gasteiger partial charge is 0.196 e. The van der Waals surface area contributed by atoms with E-state index in [4.69, 9.17) is 4.74 Å². The first-order valence-corrected chi connectivity index (χ1v) is 10.6. The molecule has 0 aliphatic carbocycles. The van der Waals surface area contributed by atoms with Gasteiger partial charge in [0.2, 0.25) is 0 Å². The molecule has 6 heteroatoms. The van der Waals surface area contributed by atoms with E-state index in [-0.39, 0.29) is 0 Å². The molecule has 0 amide bonds. The molecule has 0 unspecified atom stereocenters. The number of likely N-dealkylation sites (tertiary alicyclic amines) is 1. The molecule has 5 nitrogen and oxygen atoms in total. The maximum absolute atomic E-state index is 5.29. The summed E-state index contributed by atoms with van der Waals surface area (Å²) < 4.78 is 7.46. The lowest BCUT2D eigenvalue weighted by molar-refractivity contribution is 0.403. The Labute approximate surface area is 170 Å². The summed E-state index contributed by atoms with van der Waals surface area (Å²) in [5.41, 5.74) is 3.36. The van der Waals surface area contributed by atoms with E-state index in [0.29, 0.717) is 5.92 Å². The van der Waals surface area contributed by atoms with Gasteiger partial charge in [0.05, 0.1) is 7.11 Å². The van der Waals surface area contributed by atoms with Gasteiger partial charge in [-0.3, -0.25) is 4.57 Å². The lowest BCUT2D eigenvalue weighted by Crippen LogP contribution is -2.15. The molecule has 0 bridgehead atoms. The molecule has 2 heterocycles. The Morgan fingerprint density at radius 1 is 1.07 bits per heavy atom. The zero-order valence-corrected chi connectivity index (χ0v) is 17.4. The number of aryl methyl sites for hydroxylation is 1. The van der Waals surface area contributed by atoms with Crippen LogP contribution in [0, 0.1) is 12.8 Å². The number of methoxy groups -OCH3 is 1. The van der Waals surface area contributed by atoms with Gasteiger partial charge in [-0.25, -0.2) is 0 Å². The van der Waals surface area contributed by atoms with E-state index in [1.165, 1.54) is 18.5 Å². The number of thioether (sulfide) groups is 1. The number of hydrogen-bond acceptors (Lipinski definition) is 5. The number of aromatic nitrogens is 3. The highest BCUT2D eigenvalue weighted by Crippen LogP contribution is 2.31. The van der Waals surface area contributed by atoms with E-state index in [2.05, 4.69) is 57.9 Å². The summed E-state index contributed by atoms with van der Waals surface area (Å²) in [6.07, 6.45) is 1.26. The van der Waals surface area contributed by atoms with E-state index >= 15 is 0 Å². The molecule has 1 fully saturated rings. The fourth-order valence-corrected chi connectivity index (χ4v) is 4.65. The second kappa shape index (κ2) is 8.37. The maximum Gasteiger partial charge on any atom is 0.196 e. The Morgan fingerprint density at radius 3 is 2.46 bits per heavy atom. The monoisotopic (exact) mass is 394 g/mol. The lowest BCUT2D eigenvalue weighted by Gasteiger charge is -2.13. The van der Waals surface area contributed by atoms with Crippen LogP contribution in [0.5, 0.6) is 5.75 Å². The van der Waals surface area contributed by atoms with E-state index in [9.17, 15) is 0 Å². The van der Waals surface area contributed by atoms with Gasteiger partial charge in [0.15, 0.2) is 11.0 Å². The van der Waals surface area contributed by atoms with Gasteiger partial charge in [0.1, 0.15) is 5.75 Å². The number of ether oxygens (including phenoxy) is 1. The van der Waals surface area contributed by atoms with Crippen LogP contribution in [-0.2, 0) is 0 Å². The predicted octanol–water partition coefficient (Wildman–Crippen LogP) is 4.30. The Kier molecular flexibility index (Phi) is 5.69. The van der Waals surface area contributed by atoms with Gasteiger partial charge in [0, 0.05) is 23.5 Å². The molecule has 1 aliphatic heterocycles. The molecule has 0 spiro atoms. The van der Waals surface area contributed by atoms with Crippen molar-refractivity contribution < 1.29 is 4.74 Å².